The molecule has 0 radical (unpaired) electrons. The maximum absolute atomic E-state index is 5.45. The molecule has 12 heteroatoms. The molecule has 2 fully saturated rings. The number of rotatable bonds is 6. The molecule has 1 aromatic carbocycles. The van der Waals surface area contributed by atoms with E-state index in [2.05, 4.69) is 40.9 Å². The van der Waals surface area contributed by atoms with E-state index >= 15 is 0 Å². The van der Waals surface area contributed by atoms with Gasteiger partial charge in [-0.2, -0.15) is 15.0 Å². The molecule has 1 aromatic heterocycles. The number of hydrazine groups is 1. The topological polar surface area (TPSA) is 109 Å². The smallest absolute Gasteiger partial charge is 0.248 e. The minimum atomic E-state index is 0.353. The van der Waals surface area contributed by atoms with E-state index in [4.69, 9.17) is 26.4 Å². The highest BCUT2D eigenvalue weighted by molar-refractivity contribution is 7.80. The quantitative estimate of drug-likeness (QED) is 0.433. The summed E-state index contributed by atoms with van der Waals surface area (Å²) in [6.45, 7) is 5.50. The highest BCUT2D eigenvalue weighted by Crippen LogP contribution is 2.23. The Morgan fingerprint density at radius 1 is 0.935 bits per heavy atom. The van der Waals surface area contributed by atoms with E-state index in [9.17, 15) is 0 Å². The van der Waals surface area contributed by atoms with Crippen LogP contribution in [0.3, 0.4) is 0 Å². The Balaban J connectivity index is 1.47. The number of anilines is 4. The number of methoxy groups -OCH3 is 1. The molecule has 166 valence electrons. The normalized spacial score (nSPS) is 16.5. The molecule has 0 saturated carbocycles. The molecule has 2 aliphatic rings. The lowest BCUT2D eigenvalue weighted by Gasteiger charge is -2.30. The lowest BCUT2D eigenvalue weighted by atomic mass is 10.3. The predicted molar refractivity (Wildman–Crippen MR) is 122 cm³/mol. The van der Waals surface area contributed by atoms with Crippen LogP contribution in [-0.4, -0.2) is 79.8 Å². The number of hydrogen-bond donors (Lipinski definition) is 3. The maximum Gasteiger partial charge on any atom is 0.248 e. The summed E-state index contributed by atoms with van der Waals surface area (Å²) in [5, 5.41) is 3.45. The van der Waals surface area contributed by atoms with Gasteiger partial charge in [-0.3, -0.25) is 10.9 Å². The zero-order valence-electron chi connectivity index (χ0n) is 17.3. The minimum absolute atomic E-state index is 0.353. The monoisotopic (exact) mass is 446 g/mol. The van der Waals surface area contributed by atoms with Gasteiger partial charge in [0, 0.05) is 26.2 Å². The summed E-state index contributed by atoms with van der Waals surface area (Å²) in [5.74, 6) is 2.28. The number of benzene rings is 1. The highest BCUT2D eigenvalue weighted by atomic mass is 32.1. The van der Waals surface area contributed by atoms with Crippen molar-refractivity contribution < 1.29 is 14.2 Å². The van der Waals surface area contributed by atoms with Crippen LogP contribution in [0.15, 0.2) is 24.3 Å². The second kappa shape index (κ2) is 10.4. The second-order valence-electron chi connectivity index (χ2n) is 6.86. The largest absolute Gasteiger partial charge is 0.495 e. The van der Waals surface area contributed by atoms with Gasteiger partial charge in [-0.1, -0.05) is 12.1 Å². The summed E-state index contributed by atoms with van der Waals surface area (Å²) < 4.78 is 16.2. The molecule has 0 unspecified atom stereocenters. The molecule has 0 bridgehead atoms. The first-order chi connectivity index (χ1) is 15.2. The first-order valence-electron chi connectivity index (χ1n) is 10.1. The van der Waals surface area contributed by atoms with Crippen LogP contribution >= 0.6 is 12.2 Å². The van der Waals surface area contributed by atoms with Crippen LogP contribution in [0.25, 0.3) is 0 Å². The van der Waals surface area contributed by atoms with Crippen LogP contribution in [0.4, 0.5) is 23.5 Å². The van der Waals surface area contributed by atoms with Crippen LogP contribution in [-0.2, 0) is 9.47 Å². The second-order valence-corrected chi connectivity index (χ2v) is 7.27. The zero-order chi connectivity index (χ0) is 21.5. The van der Waals surface area contributed by atoms with Crippen molar-refractivity contribution in [1.82, 2.24) is 20.4 Å². The van der Waals surface area contributed by atoms with Crippen molar-refractivity contribution in [3.05, 3.63) is 24.3 Å². The Labute approximate surface area is 186 Å². The molecule has 0 spiro atoms. The van der Waals surface area contributed by atoms with Gasteiger partial charge < -0.3 is 29.3 Å². The number of aromatic nitrogens is 3. The number of hydrogen-bond acceptors (Lipinski definition) is 10. The van der Waals surface area contributed by atoms with E-state index in [1.165, 1.54) is 0 Å². The minimum Gasteiger partial charge on any atom is -0.495 e. The predicted octanol–water partition coefficient (Wildman–Crippen LogP) is 0.867. The van der Waals surface area contributed by atoms with Crippen molar-refractivity contribution in [3.63, 3.8) is 0 Å². The number of thiocarbonyl (C=S) groups is 1. The number of nitrogens with one attached hydrogen (secondary N) is 3. The van der Waals surface area contributed by atoms with E-state index in [-0.39, 0.29) is 0 Å². The van der Waals surface area contributed by atoms with Gasteiger partial charge in [-0.15, -0.1) is 0 Å². The Kier molecular flexibility index (Phi) is 7.12. The first kappa shape index (κ1) is 21.3. The molecule has 0 aliphatic carbocycles. The fraction of sp³-hybridized carbons (Fsp3) is 0.474. The first-order valence-corrected chi connectivity index (χ1v) is 10.5. The Morgan fingerprint density at radius 2 is 1.52 bits per heavy atom. The fourth-order valence-electron chi connectivity index (χ4n) is 3.23. The Hall–Kier alpha value is -2.96. The molecule has 2 aliphatic heterocycles. The molecular weight excluding hydrogens is 420 g/mol. The lowest BCUT2D eigenvalue weighted by Crippen LogP contribution is -2.40. The molecule has 11 nitrogen and oxygen atoms in total. The summed E-state index contributed by atoms with van der Waals surface area (Å²) in [6, 6.07) is 7.52. The third-order valence-electron chi connectivity index (χ3n) is 4.84. The van der Waals surface area contributed by atoms with E-state index in [0.717, 1.165) is 31.9 Å². The highest BCUT2D eigenvalue weighted by Gasteiger charge is 2.20. The van der Waals surface area contributed by atoms with Crippen molar-refractivity contribution >= 4 is 40.9 Å². The molecule has 2 aromatic rings. The van der Waals surface area contributed by atoms with Crippen molar-refractivity contribution in [2.24, 2.45) is 0 Å². The standard InChI is InChI=1S/C19H26N8O3S/c1-28-15-5-3-2-4-14(15)20-19(31)25-24-16-21-17(26-6-10-29-11-7-26)23-18(22-16)27-8-12-30-13-9-27/h2-5H,6-13H2,1H3,(H2,20,25,31)(H,21,22,23,24). The molecule has 0 atom stereocenters. The van der Waals surface area contributed by atoms with Gasteiger partial charge in [0.05, 0.1) is 39.2 Å². The third kappa shape index (κ3) is 5.60. The van der Waals surface area contributed by atoms with Gasteiger partial charge in [-0.25, -0.2) is 0 Å². The summed E-state index contributed by atoms with van der Waals surface area (Å²) in [4.78, 5) is 18.0. The van der Waals surface area contributed by atoms with Crippen molar-refractivity contribution in [3.8, 4) is 5.75 Å². The van der Waals surface area contributed by atoms with Crippen LogP contribution in [0.5, 0.6) is 5.75 Å². The maximum atomic E-state index is 5.45. The van der Waals surface area contributed by atoms with E-state index in [1.807, 2.05) is 24.3 Å². The fourth-order valence-corrected chi connectivity index (χ4v) is 3.39. The molecule has 3 heterocycles. The summed E-state index contributed by atoms with van der Waals surface area (Å²) in [6.07, 6.45) is 0. The van der Waals surface area contributed by atoms with Gasteiger partial charge >= 0.3 is 0 Å². The average molecular weight is 447 g/mol. The van der Waals surface area contributed by atoms with Crippen molar-refractivity contribution in [2.45, 2.75) is 0 Å². The van der Waals surface area contributed by atoms with Crippen LogP contribution in [0.2, 0.25) is 0 Å². The van der Waals surface area contributed by atoms with E-state index < -0.39 is 0 Å². The molecule has 4 rings (SSSR count). The molecular formula is C19H26N8O3S. The lowest BCUT2D eigenvalue weighted by molar-refractivity contribution is 0.121. The van der Waals surface area contributed by atoms with Gasteiger partial charge in [-0.05, 0) is 24.4 Å². The number of nitrogens with zero attached hydrogens (tertiary/aromatic N) is 5. The summed E-state index contributed by atoms with van der Waals surface area (Å²) in [5.41, 5.74) is 6.68. The molecule has 2 saturated heterocycles. The van der Waals surface area contributed by atoms with Crippen LogP contribution < -0.4 is 30.7 Å². The molecule has 0 amide bonds. The number of ether oxygens (including phenoxy) is 3. The van der Waals surface area contributed by atoms with Gasteiger partial charge in [0.1, 0.15) is 5.75 Å². The molecule has 3 N–H and O–H groups in total. The number of morpholine rings is 2. The van der Waals surface area contributed by atoms with Gasteiger partial charge in [0.2, 0.25) is 17.8 Å². The SMILES string of the molecule is COc1ccccc1NC(=S)NNc1nc(N2CCOCC2)nc(N2CCOCC2)n1. The molecule has 31 heavy (non-hydrogen) atoms. The Morgan fingerprint density at radius 3 is 2.10 bits per heavy atom. The van der Waals surface area contributed by atoms with Crippen LogP contribution in [0, 0.1) is 0 Å². The van der Waals surface area contributed by atoms with Crippen molar-refractivity contribution in [2.75, 3.05) is 80.3 Å². The van der Waals surface area contributed by atoms with E-state index in [0.29, 0.717) is 55.1 Å². The third-order valence-corrected chi connectivity index (χ3v) is 5.05. The zero-order valence-corrected chi connectivity index (χ0v) is 18.2. The van der Waals surface area contributed by atoms with Gasteiger partial charge in [0.15, 0.2) is 5.11 Å². The Bertz CT molecular complexity index is 854. The van der Waals surface area contributed by atoms with Crippen LogP contribution in [0.1, 0.15) is 0 Å². The summed E-state index contributed by atoms with van der Waals surface area (Å²) in [7, 11) is 1.61. The average Bonchev–Trinajstić information content (AvgIpc) is 2.84. The number of para-hydroxylation sites is 2. The van der Waals surface area contributed by atoms with Gasteiger partial charge in [0.25, 0.3) is 0 Å². The van der Waals surface area contributed by atoms with E-state index in [1.54, 1.807) is 7.11 Å². The van der Waals surface area contributed by atoms with Crippen molar-refractivity contribution in [1.29, 1.82) is 0 Å². The summed E-state index contributed by atoms with van der Waals surface area (Å²) >= 11 is 5.39.